The van der Waals surface area contributed by atoms with Crippen LogP contribution in [0.3, 0.4) is 0 Å². The maximum absolute atomic E-state index is 12.2. The number of aromatic nitrogens is 2. The summed E-state index contributed by atoms with van der Waals surface area (Å²) in [6.07, 6.45) is 4.46. The zero-order valence-electron chi connectivity index (χ0n) is 13.7. The first-order valence-electron chi connectivity index (χ1n) is 8.10. The molecule has 0 spiro atoms. The lowest BCUT2D eigenvalue weighted by atomic mass is 10.2. The molecular formula is C19H19BrN4O. The number of benzene rings is 2. The van der Waals surface area contributed by atoms with Crippen LogP contribution in [0.2, 0.25) is 0 Å². The molecule has 1 aromatic heterocycles. The van der Waals surface area contributed by atoms with Crippen molar-refractivity contribution >= 4 is 27.5 Å². The Hall–Kier alpha value is -2.60. The van der Waals surface area contributed by atoms with Crippen LogP contribution in [0, 0.1) is 0 Å². The Kier molecular flexibility index (Phi) is 5.85. The molecule has 25 heavy (non-hydrogen) atoms. The summed E-state index contributed by atoms with van der Waals surface area (Å²) in [7, 11) is 0. The Bertz CT molecular complexity index is 815. The van der Waals surface area contributed by atoms with E-state index >= 15 is 0 Å². The van der Waals surface area contributed by atoms with Gasteiger partial charge >= 0.3 is 0 Å². The van der Waals surface area contributed by atoms with E-state index in [9.17, 15) is 4.79 Å². The van der Waals surface area contributed by atoms with Gasteiger partial charge in [-0.25, -0.2) is 4.68 Å². The van der Waals surface area contributed by atoms with E-state index in [1.807, 2.05) is 60.8 Å². The Morgan fingerprint density at radius 2 is 1.80 bits per heavy atom. The molecule has 3 rings (SSSR count). The number of carbonyl (C=O) groups excluding carboxylic acids is 1. The second kappa shape index (κ2) is 8.48. The van der Waals surface area contributed by atoms with Gasteiger partial charge in [0.2, 0.25) is 0 Å². The Morgan fingerprint density at radius 1 is 1.04 bits per heavy atom. The van der Waals surface area contributed by atoms with Gasteiger partial charge in [0, 0.05) is 30.5 Å². The number of nitrogens with one attached hydrogen (secondary N) is 2. The van der Waals surface area contributed by atoms with Gasteiger partial charge in [0.25, 0.3) is 5.91 Å². The Labute approximate surface area is 155 Å². The molecule has 5 nitrogen and oxygen atoms in total. The molecule has 0 atom stereocenters. The minimum Gasteiger partial charge on any atom is -0.385 e. The lowest BCUT2D eigenvalue weighted by Gasteiger charge is -2.08. The fraction of sp³-hybridized carbons (Fsp3) is 0.158. The van der Waals surface area contributed by atoms with E-state index in [2.05, 4.69) is 31.7 Å². The lowest BCUT2D eigenvalue weighted by molar-refractivity contribution is 0.0953. The Morgan fingerprint density at radius 3 is 2.48 bits per heavy atom. The molecule has 128 valence electrons. The first-order chi connectivity index (χ1) is 12.2. The van der Waals surface area contributed by atoms with Crippen molar-refractivity contribution in [2.45, 2.75) is 6.42 Å². The Balaban J connectivity index is 1.43. The number of para-hydroxylation sites is 1. The topological polar surface area (TPSA) is 59.0 Å². The molecule has 0 saturated carbocycles. The van der Waals surface area contributed by atoms with E-state index < -0.39 is 0 Å². The lowest BCUT2D eigenvalue weighted by Crippen LogP contribution is -2.25. The van der Waals surface area contributed by atoms with Crippen molar-refractivity contribution < 1.29 is 4.79 Å². The van der Waals surface area contributed by atoms with Crippen molar-refractivity contribution in [1.29, 1.82) is 0 Å². The van der Waals surface area contributed by atoms with Crippen LogP contribution in [0.1, 0.15) is 16.8 Å². The van der Waals surface area contributed by atoms with Crippen LogP contribution in [-0.4, -0.2) is 28.8 Å². The number of rotatable bonds is 7. The number of hydrogen-bond acceptors (Lipinski definition) is 3. The van der Waals surface area contributed by atoms with E-state index in [1.54, 1.807) is 10.9 Å². The summed E-state index contributed by atoms with van der Waals surface area (Å²) in [5.41, 5.74) is 2.65. The average molecular weight is 399 g/mol. The number of halogens is 1. The molecule has 0 radical (unpaired) electrons. The zero-order valence-corrected chi connectivity index (χ0v) is 15.2. The van der Waals surface area contributed by atoms with Gasteiger partial charge < -0.3 is 10.6 Å². The van der Waals surface area contributed by atoms with Crippen LogP contribution >= 0.6 is 15.9 Å². The van der Waals surface area contributed by atoms with Gasteiger partial charge in [-0.3, -0.25) is 4.79 Å². The SMILES string of the molecule is O=C(NCCCNc1ccccc1)c1ccc(-n2cc(Br)cn2)cc1. The number of anilines is 1. The third kappa shape index (κ3) is 4.93. The zero-order chi connectivity index (χ0) is 17.5. The molecule has 3 aromatic rings. The molecule has 0 saturated heterocycles. The van der Waals surface area contributed by atoms with Gasteiger partial charge in [-0.05, 0) is 58.7 Å². The molecule has 1 heterocycles. The van der Waals surface area contributed by atoms with Crippen molar-refractivity contribution in [3.05, 3.63) is 77.0 Å². The van der Waals surface area contributed by atoms with Gasteiger partial charge in [0.1, 0.15) is 0 Å². The molecule has 0 aliphatic heterocycles. The molecule has 0 unspecified atom stereocenters. The highest BCUT2D eigenvalue weighted by atomic mass is 79.9. The predicted molar refractivity (Wildman–Crippen MR) is 103 cm³/mol. The second-order valence-corrected chi connectivity index (χ2v) is 6.47. The van der Waals surface area contributed by atoms with E-state index in [0.717, 1.165) is 28.8 Å². The van der Waals surface area contributed by atoms with Crippen molar-refractivity contribution in [3.63, 3.8) is 0 Å². The second-order valence-electron chi connectivity index (χ2n) is 5.55. The number of carbonyl (C=O) groups is 1. The summed E-state index contributed by atoms with van der Waals surface area (Å²) in [4.78, 5) is 12.2. The summed E-state index contributed by atoms with van der Waals surface area (Å²) >= 11 is 3.37. The van der Waals surface area contributed by atoms with E-state index in [0.29, 0.717) is 12.1 Å². The van der Waals surface area contributed by atoms with Crippen LogP contribution in [0.5, 0.6) is 0 Å². The van der Waals surface area contributed by atoms with Crippen LogP contribution in [0.15, 0.2) is 71.5 Å². The summed E-state index contributed by atoms with van der Waals surface area (Å²) in [6.45, 7) is 1.45. The summed E-state index contributed by atoms with van der Waals surface area (Å²) in [6, 6.07) is 17.4. The van der Waals surface area contributed by atoms with Gasteiger partial charge in [-0.2, -0.15) is 5.10 Å². The summed E-state index contributed by atoms with van der Waals surface area (Å²) in [5, 5.41) is 10.5. The number of amides is 1. The van der Waals surface area contributed by atoms with Gasteiger partial charge in [0.05, 0.1) is 16.4 Å². The normalized spacial score (nSPS) is 10.4. The first kappa shape index (κ1) is 17.2. The molecule has 6 heteroatoms. The quantitative estimate of drug-likeness (QED) is 0.593. The molecule has 0 bridgehead atoms. The number of nitrogens with zero attached hydrogens (tertiary/aromatic N) is 2. The first-order valence-corrected chi connectivity index (χ1v) is 8.89. The van der Waals surface area contributed by atoms with Crippen LogP contribution in [-0.2, 0) is 0 Å². The largest absolute Gasteiger partial charge is 0.385 e. The maximum Gasteiger partial charge on any atom is 0.251 e. The van der Waals surface area contributed by atoms with Gasteiger partial charge in [-0.15, -0.1) is 0 Å². The third-order valence-electron chi connectivity index (χ3n) is 3.69. The third-order valence-corrected chi connectivity index (χ3v) is 4.10. The van der Waals surface area contributed by atoms with Crippen LogP contribution < -0.4 is 10.6 Å². The molecule has 0 aliphatic carbocycles. The van der Waals surface area contributed by atoms with Crippen molar-refractivity contribution in [2.24, 2.45) is 0 Å². The molecule has 0 aliphatic rings. The monoisotopic (exact) mass is 398 g/mol. The number of hydrogen-bond donors (Lipinski definition) is 2. The highest BCUT2D eigenvalue weighted by Crippen LogP contribution is 2.13. The fourth-order valence-corrected chi connectivity index (χ4v) is 2.67. The standard InChI is InChI=1S/C19H19BrN4O/c20-16-13-23-24(14-16)18-9-7-15(8-10-18)19(25)22-12-4-11-21-17-5-2-1-3-6-17/h1-3,5-10,13-14,21H,4,11-12H2,(H,22,25). The van der Waals surface area contributed by atoms with Crippen LogP contribution in [0.25, 0.3) is 5.69 Å². The predicted octanol–water partition coefficient (Wildman–Crippen LogP) is 3.87. The fourth-order valence-electron chi connectivity index (χ4n) is 2.39. The van der Waals surface area contributed by atoms with Gasteiger partial charge in [0.15, 0.2) is 0 Å². The molecule has 1 amide bonds. The smallest absolute Gasteiger partial charge is 0.251 e. The van der Waals surface area contributed by atoms with E-state index in [4.69, 9.17) is 0 Å². The molecule has 2 aromatic carbocycles. The average Bonchev–Trinajstić information content (AvgIpc) is 3.09. The van der Waals surface area contributed by atoms with Crippen molar-refractivity contribution in [1.82, 2.24) is 15.1 Å². The van der Waals surface area contributed by atoms with E-state index in [1.165, 1.54) is 0 Å². The van der Waals surface area contributed by atoms with Crippen molar-refractivity contribution in [3.8, 4) is 5.69 Å². The summed E-state index contributed by atoms with van der Waals surface area (Å²) in [5.74, 6) is -0.0621. The molecule has 2 N–H and O–H groups in total. The van der Waals surface area contributed by atoms with Crippen molar-refractivity contribution in [2.75, 3.05) is 18.4 Å². The van der Waals surface area contributed by atoms with E-state index in [-0.39, 0.29) is 5.91 Å². The van der Waals surface area contributed by atoms with Crippen LogP contribution in [0.4, 0.5) is 5.69 Å². The highest BCUT2D eigenvalue weighted by Gasteiger charge is 2.05. The minimum atomic E-state index is -0.0621. The highest BCUT2D eigenvalue weighted by molar-refractivity contribution is 9.10. The summed E-state index contributed by atoms with van der Waals surface area (Å²) < 4.78 is 2.67. The molecule has 0 fully saturated rings. The minimum absolute atomic E-state index is 0.0621. The maximum atomic E-state index is 12.2. The molecular weight excluding hydrogens is 380 g/mol. The van der Waals surface area contributed by atoms with Gasteiger partial charge in [-0.1, -0.05) is 18.2 Å².